The topological polar surface area (TPSA) is 80.5 Å². The van der Waals surface area contributed by atoms with Crippen molar-refractivity contribution in [2.75, 3.05) is 0 Å². The molecule has 5 heteroatoms. The number of hydrogen-bond acceptors (Lipinski definition) is 4. The Kier molecular flexibility index (Phi) is 2.94. The average Bonchev–Trinajstić information content (AvgIpc) is 2.74. The van der Waals surface area contributed by atoms with Crippen LogP contribution in [-0.4, -0.2) is 15.0 Å². The molecule has 0 fully saturated rings. The van der Waals surface area contributed by atoms with Crippen LogP contribution in [0.4, 0.5) is 0 Å². The van der Waals surface area contributed by atoms with Crippen LogP contribution in [0, 0.1) is 11.3 Å². The van der Waals surface area contributed by atoms with Crippen molar-refractivity contribution in [3.63, 3.8) is 0 Å². The van der Waals surface area contributed by atoms with Crippen LogP contribution in [0.25, 0.3) is 11.3 Å². The summed E-state index contributed by atoms with van der Waals surface area (Å²) >= 11 is 0. The van der Waals surface area contributed by atoms with E-state index in [9.17, 15) is 0 Å². The SMILES string of the molecule is N#CCn1nnc(CN)c1-c1ccccc1. The van der Waals surface area contributed by atoms with E-state index in [1.54, 1.807) is 4.68 Å². The Morgan fingerprint density at radius 3 is 2.69 bits per heavy atom. The number of hydrogen-bond donors (Lipinski definition) is 1. The fourth-order valence-electron chi connectivity index (χ4n) is 1.58. The van der Waals surface area contributed by atoms with Gasteiger partial charge in [-0.25, -0.2) is 4.68 Å². The van der Waals surface area contributed by atoms with Crippen LogP contribution >= 0.6 is 0 Å². The second kappa shape index (κ2) is 4.55. The quantitative estimate of drug-likeness (QED) is 0.822. The standard InChI is InChI=1S/C11H11N5/c12-6-7-16-11(10(8-13)14-15-16)9-4-2-1-3-5-9/h1-5H,7-8,13H2. The van der Waals surface area contributed by atoms with Gasteiger partial charge in [-0.1, -0.05) is 35.5 Å². The molecule has 0 saturated heterocycles. The van der Waals surface area contributed by atoms with Crippen LogP contribution in [0.15, 0.2) is 30.3 Å². The normalized spacial score (nSPS) is 10.0. The minimum Gasteiger partial charge on any atom is -0.325 e. The predicted octanol–water partition coefficient (Wildman–Crippen LogP) is 0.927. The first kappa shape index (κ1) is 10.3. The van der Waals surface area contributed by atoms with Crippen molar-refractivity contribution in [3.8, 4) is 17.3 Å². The molecule has 0 bridgehead atoms. The van der Waals surface area contributed by atoms with Crippen molar-refractivity contribution >= 4 is 0 Å². The van der Waals surface area contributed by atoms with Gasteiger partial charge in [0.15, 0.2) is 0 Å². The molecule has 0 aliphatic heterocycles. The Bertz CT molecular complexity index is 509. The zero-order valence-corrected chi connectivity index (χ0v) is 8.67. The van der Waals surface area contributed by atoms with Crippen LogP contribution in [0.3, 0.4) is 0 Å². The van der Waals surface area contributed by atoms with Gasteiger partial charge in [0.05, 0.1) is 11.8 Å². The number of rotatable bonds is 3. The molecule has 0 amide bonds. The molecule has 1 aromatic carbocycles. The summed E-state index contributed by atoms with van der Waals surface area (Å²) in [6.07, 6.45) is 0. The summed E-state index contributed by atoms with van der Waals surface area (Å²) in [5.41, 5.74) is 8.11. The molecule has 2 rings (SSSR count). The molecular formula is C11H11N5. The summed E-state index contributed by atoms with van der Waals surface area (Å²) < 4.78 is 1.57. The van der Waals surface area contributed by atoms with Gasteiger partial charge in [0, 0.05) is 12.1 Å². The zero-order chi connectivity index (χ0) is 11.4. The number of nitrogens with two attached hydrogens (primary N) is 1. The smallest absolute Gasteiger partial charge is 0.130 e. The van der Waals surface area contributed by atoms with E-state index in [0.717, 1.165) is 11.3 Å². The van der Waals surface area contributed by atoms with Gasteiger partial charge in [0.25, 0.3) is 0 Å². The lowest BCUT2D eigenvalue weighted by molar-refractivity contribution is 0.673. The molecule has 80 valence electrons. The molecule has 0 aliphatic carbocycles. The summed E-state index contributed by atoms with van der Waals surface area (Å²) in [6, 6.07) is 11.7. The maximum Gasteiger partial charge on any atom is 0.130 e. The minimum atomic E-state index is 0.178. The maximum absolute atomic E-state index is 8.70. The van der Waals surface area contributed by atoms with Gasteiger partial charge in [-0.15, -0.1) is 5.10 Å². The molecular weight excluding hydrogens is 202 g/mol. The van der Waals surface area contributed by atoms with E-state index in [0.29, 0.717) is 12.2 Å². The molecule has 1 heterocycles. The number of aromatic nitrogens is 3. The van der Waals surface area contributed by atoms with Gasteiger partial charge in [-0.3, -0.25) is 0 Å². The van der Waals surface area contributed by atoms with Gasteiger partial charge in [0.2, 0.25) is 0 Å². The lowest BCUT2D eigenvalue weighted by atomic mass is 10.1. The molecule has 0 aliphatic rings. The first-order chi connectivity index (χ1) is 7.86. The predicted molar refractivity (Wildman–Crippen MR) is 59.0 cm³/mol. The molecule has 2 N–H and O–H groups in total. The Hall–Kier alpha value is -2.19. The molecule has 2 aromatic rings. The van der Waals surface area contributed by atoms with Crippen molar-refractivity contribution < 1.29 is 0 Å². The number of nitrogens with zero attached hydrogens (tertiary/aromatic N) is 4. The Balaban J connectivity index is 2.53. The summed E-state index contributed by atoms with van der Waals surface area (Å²) in [5.74, 6) is 0. The number of nitriles is 1. The second-order valence-electron chi connectivity index (χ2n) is 3.27. The highest BCUT2D eigenvalue weighted by molar-refractivity contribution is 5.61. The molecule has 0 unspecified atom stereocenters. The molecule has 0 atom stereocenters. The highest BCUT2D eigenvalue weighted by Gasteiger charge is 2.12. The average molecular weight is 213 g/mol. The summed E-state index contributed by atoms with van der Waals surface area (Å²) in [6.45, 7) is 0.493. The fraction of sp³-hybridized carbons (Fsp3) is 0.182. The Morgan fingerprint density at radius 1 is 1.31 bits per heavy atom. The van der Waals surface area contributed by atoms with Gasteiger partial charge in [-0.05, 0) is 0 Å². The Labute approximate surface area is 93.1 Å². The van der Waals surface area contributed by atoms with E-state index in [2.05, 4.69) is 16.4 Å². The van der Waals surface area contributed by atoms with E-state index < -0.39 is 0 Å². The summed E-state index contributed by atoms with van der Waals surface area (Å²) in [5, 5.41) is 16.6. The fourth-order valence-corrected chi connectivity index (χ4v) is 1.58. The Morgan fingerprint density at radius 2 is 2.06 bits per heavy atom. The zero-order valence-electron chi connectivity index (χ0n) is 8.67. The molecule has 0 radical (unpaired) electrons. The van der Waals surface area contributed by atoms with Crippen LogP contribution < -0.4 is 5.73 Å². The third kappa shape index (κ3) is 1.78. The third-order valence-electron chi connectivity index (χ3n) is 2.27. The molecule has 16 heavy (non-hydrogen) atoms. The van der Waals surface area contributed by atoms with Crippen molar-refractivity contribution in [2.24, 2.45) is 5.73 Å². The maximum atomic E-state index is 8.70. The van der Waals surface area contributed by atoms with Crippen LogP contribution in [-0.2, 0) is 13.1 Å². The molecule has 0 spiro atoms. The molecule has 1 aromatic heterocycles. The van der Waals surface area contributed by atoms with Crippen molar-refractivity contribution in [1.29, 1.82) is 5.26 Å². The summed E-state index contributed by atoms with van der Waals surface area (Å²) in [4.78, 5) is 0. The van der Waals surface area contributed by atoms with Crippen LogP contribution in [0.1, 0.15) is 5.69 Å². The van der Waals surface area contributed by atoms with Gasteiger partial charge >= 0.3 is 0 Å². The molecule has 5 nitrogen and oxygen atoms in total. The van der Waals surface area contributed by atoms with Crippen molar-refractivity contribution in [2.45, 2.75) is 13.1 Å². The minimum absolute atomic E-state index is 0.178. The monoisotopic (exact) mass is 213 g/mol. The van der Waals surface area contributed by atoms with Crippen molar-refractivity contribution in [3.05, 3.63) is 36.0 Å². The van der Waals surface area contributed by atoms with Gasteiger partial charge in [0.1, 0.15) is 12.2 Å². The first-order valence-corrected chi connectivity index (χ1v) is 4.91. The van der Waals surface area contributed by atoms with E-state index in [1.165, 1.54) is 0 Å². The van der Waals surface area contributed by atoms with E-state index in [-0.39, 0.29) is 6.54 Å². The lowest BCUT2D eigenvalue weighted by Crippen LogP contribution is -2.03. The highest BCUT2D eigenvalue weighted by atomic mass is 15.4. The largest absolute Gasteiger partial charge is 0.325 e. The van der Waals surface area contributed by atoms with Gasteiger partial charge < -0.3 is 5.73 Å². The first-order valence-electron chi connectivity index (χ1n) is 4.91. The third-order valence-corrected chi connectivity index (χ3v) is 2.27. The highest BCUT2D eigenvalue weighted by Crippen LogP contribution is 2.21. The van der Waals surface area contributed by atoms with E-state index in [1.807, 2.05) is 30.3 Å². The lowest BCUT2D eigenvalue weighted by Gasteiger charge is -2.03. The second-order valence-corrected chi connectivity index (χ2v) is 3.27. The van der Waals surface area contributed by atoms with Crippen LogP contribution in [0.5, 0.6) is 0 Å². The van der Waals surface area contributed by atoms with Crippen LogP contribution in [0.2, 0.25) is 0 Å². The summed E-state index contributed by atoms with van der Waals surface area (Å²) in [7, 11) is 0. The van der Waals surface area contributed by atoms with E-state index in [4.69, 9.17) is 11.0 Å². The van der Waals surface area contributed by atoms with Crippen molar-refractivity contribution in [1.82, 2.24) is 15.0 Å². The number of benzene rings is 1. The van der Waals surface area contributed by atoms with E-state index >= 15 is 0 Å². The van der Waals surface area contributed by atoms with Gasteiger partial charge in [-0.2, -0.15) is 5.26 Å². The molecule has 0 saturated carbocycles.